The first-order chi connectivity index (χ1) is 15.1. The van der Waals surface area contributed by atoms with Crippen LogP contribution in [0.3, 0.4) is 0 Å². The number of hydrogen-bond donors (Lipinski definition) is 1. The van der Waals surface area contributed by atoms with Crippen molar-refractivity contribution in [2.24, 2.45) is 0 Å². The minimum Gasteiger partial charge on any atom is -0.306 e. The summed E-state index contributed by atoms with van der Waals surface area (Å²) in [6, 6.07) is 11.9. The number of thiazole rings is 1. The Morgan fingerprint density at radius 1 is 1.03 bits per heavy atom. The first-order valence-corrected chi connectivity index (χ1v) is 12.5. The third kappa shape index (κ3) is 4.05. The van der Waals surface area contributed by atoms with Gasteiger partial charge in [0.05, 0.1) is 26.1 Å². The van der Waals surface area contributed by atoms with Crippen LogP contribution in [0.15, 0.2) is 47.4 Å². The van der Waals surface area contributed by atoms with E-state index in [0.717, 1.165) is 15.9 Å². The van der Waals surface area contributed by atoms with Gasteiger partial charge in [-0.2, -0.15) is 9.78 Å². The second-order valence-electron chi connectivity index (χ2n) is 8.06. The van der Waals surface area contributed by atoms with E-state index in [1.807, 2.05) is 13.0 Å². The van der Waals surface area contributed by atoms with Crippen LogP contribution in [0.2, 0.25) is 0 Å². The highest BCUT2D eigenvalue weighted by Crippen LogP contribution is 2.29. The number of aryl methyl sites for hydroxylation is 3. The van der Waals surface area contributed by atoms with Crippen LogP contribution >= 0.6 is 11.3 Å². The first kappa shape index (κ1) is 22.2. The van der Waals surface area contributed by atoms with Gasteiger partial charge in [-0.1, -0.05) is 11.3 Å². The molecule has 9 heteroatoms. The number of rotatable bonds is 5. The summed E-state index contributed by atoms with van der Waals surface area (Å²) in [6.07, 6.45) is 0. The lowest BCUT2D eigenvalue weighted by molar-refractivity contribution is 0.102. The molecule has 7 nitrogen and oxygen atoms in total. The predicted molar refractivity (Wildman–Crippen MR) is 128 cm³/mol. The molecule has 2 heterocycles. The van der Waals surface area contributed by atoms with Crippen molar-refractivity contribution in [2.45, 2.75) is 44.8 Å². The molecule has 166 valence electrons. The van der Waals surface area contributed by atoms with Crippen LogP contribution in [0.1, 0.15) is 41.0 Å². The molecule has 2 aromatic carbocycles. The molecule has 0 saturated heterocycles. The lowest BCUT2D eigenvalue weighted by Crippen LogP contribution is -2.16. The third-order valence-electron chi connectivity index (χ3n) is 5.31. The fraction of sp³-hybridized carbons (Fsp3) is 0.261. The molecule has 1 N–H and O–H groups in total. The van der Waals surface area contributed by atoms with Crippen LogP contribution in [0.4, 0.5) is 5.82 Å². The molecule has 0 aliphatic rings. The van der Waals surface area contributed by atoms with Crippen molar-refractivity contribution in [1.29, 1.82) is 0 Å². The van der Waals surface area contributed by atoms with E-state index in [4.69, 9.17) is 4.98 Å². The zero-order valence-corrected chi connectivity index (χ0v) is 20.1. The fourth-order valence-corrected chi connectivity index (χ4v) is 5.32. The molecule has 0 radical (unpaired) electrons. The molecular formula is C23H24N4O3S2. The summed E-state index contributed by atoms with van der Waals surface area (Å²) in [4.78, 5) is 17.7. The standard InChI is InChI=1S/C23H24N4O3S2/c1-13(2)32(29,30)18-8-6-17(7-9-18)22(28)25-21-12-16(5)26-27(21)23-24-19-10-14(3)15(4)11-20(19)31-23/h6-13H,1-5H3,(H,25,28). The second-order valence-corrected chi connectivity index (χ2v) is 11.6. The minimum atomic E-state index is -3.39. The van der Waals surface area contributed by atoms with Crippen molar-refractivity contribution >= 4 is 43.1 Å². The Balaban J connectivity index is 1.63. The van der Waals surface area contributed by atoms with Crippen molar-refractivity contribution in [3.63, 3.8) is 0 Å². The summed E-state index contributed by atoms with van der Waals surface area (Å²) in [6.45, 7) is 9.22. The summed E-state index contributed by atoms with van der Waals surface area (Å²) in [5.41, 5.74) is 4.35. The number of hydrogen-bond acceptors (Lipinski definition) is 6. The normalized spacial score (nSPS) is 11.9. The number of fused-ring (bicyclic) bond motifs is 1. The van der Waals surface area contributed by atoms with Crippen molar-refractivity contribution < 1.29 is 13.2 Å². The van der Waals surface area contributed by atoms with E-state index in [1.165, 1.54) is 46.7 Å². The van der Waals surface area contributed by atoms with E-state index in [2.05, 4.69) is 30.3 Å². The number of anilines is 1. The van der Waals surface area contributed by atoms with Crippen molar-refractivity contribution in [1.82, 2.24) is 14.8 Å². The Labute approximate surface area is 191 Å². The number of aromatic nitrogens is 3. The van der Waals surface area contributed by atoms with E-state index >= 15 is 0 Å². The Bertz CT molecular complexity index is 1390. The zero-order chi connectivity index (χ0) is 23.2. The monoisotopic (exact) mass is 468 g/mol. The average molecular weight is 469 g/mol. The number of amides is 1. The van der Waals surface area contributed by atoms with Gasteiger partial charge in [-0.15, -0.1) is 0 Å². The first-order valence-electron chi connectivity index (χ1n) is 10.2. The minimum absolute atomic E-state index is 0.199. The summed E-state index contributed by atoms with van der Waals surface area (Å²) >= 11 is 1.50. The number of nitrogens with one attached hydrogen (secondary N) is 1. The van der Waals surface area contributed by atoms with Gasteiger partial charge in [0.15, 0.2) is 9.84 Å². The molecule has 4 rings (SSSR count). The molecular weight excluding hydrogens is 444 g/mol. The number of nitrogens with zero attached hydrogens (tertiary/aromatic N) is 3. The highest BCUT2D eigenvalue weighted by atomic mass is 32.2. The molecule has 0 saturated carbocycles. The number of sulfone groups is 1. The summed E-state index contributed by atoms with van der Waals surface area (Å²) in [5.74, 6) is 0.145. The Kier molecular flexibility index (Phi) is 5.64. The van der Waals surface area contributed by atoms with Crippen molar-refractivity contribution in [3.05, 3.63) is 64.8 Å². The van der Waals surface area contributed by atoms with Gasteiger partial charge >= 0.3 is 0 Å². The maximum Gasteiger partial charge on any atom is 0.256 e. The third-order valence-corrected chi connectivity index (χ3v) is 8.48. The lowest BCUT2D eigenvalue weighted by atomic mass is 10.1. The van der Waals surface area contributed by atoms with Gasteiger partial charge < -0.3 is 5.32 Å². The van der Waals surface area contributed by atoms with Crippen molar-refractivity contribution in [3.8, 4) is 5.13 Å². The molecule has 0 bridgehead atoms. The quantitative estimate of drug-likeness (QED) is 0.452. The smallest absolute Gasteiger partial charge is 0.256 e. The molecule has 4 aromatic rings. The molecule has 0 unspecified atom stereocenters. The Morgan fingerprint density at radius 3 is 2.34 bits per heavy atom. The van der Waals surface area contributed by atoms with Crippen LogP contribution < -0.4 is 5.32 Å². The molecule has 0 spiro atoms. The van der Waals surface area contributed by atoms with E-state index in [0.29, 0.717) is 16.5 Å². The Hall–Kier alpha value is -3.04. The Morgan fingerprint density at radius 2 is 1.69 bits per heavy atom. The van der Waals surface area contributed by atoms with E-state index in [9.17, 15) is 13.2 Å². The molecule has 1 amide bonds. The SMILES string of the molecule is Cc1cc(NC(=O)c2ccc(S(=O)(=O)C(C)C)cc2)n(-c2nc3cc(C)c(C)cc3s2)n1. The van der Waals surface area contributed by atoms with Crippen LogP contribution in [0, 0.1) is 20.8 Å². The van der Waals surface area contributed by atoms with E-state index in [1.54, 1.807) is 24.6 Å². The summed E-state index contributed by atoms with van der Waals surface area (Å²) in [5, 5.41) is 7.51. The number of carbonyl (C=O) groups excluding carboxylic acids is 1. The van der Waals surface area contributed by atoms with Gasteiger partial charge in [-0.05, 0) is 82.1 Å². The van der Waals surface area contributed by atoms with Crippen LogP contribution in [-0.4, -0.2) is 34.3 Å². The average Bonchev–Trinajstić information content (AvgIpc) is 3.30. The van der Waals surface area contributed by atoms with Gasteiger partial charge in [0.2, 0.25) is 5.13 Å². The lowest BCUT2D eigenvalue weighted by Gasteiger charge is -2.09. The van der Waals surface area contributed by atoms with Crippen LogP contribution in [-0.2, 0) is 9.84 Å². The van der Waals surface area contributed by atoms with Gasteiger partial charge in [0, 0.05) is 11.6 Å². The number of benzene rings is 2. The van der Waals surface area contributed by atoms with Gasteiger partial charge in [-0.3, -0.25) is 4.79 Å². The fourth-order valence-electron chi connectivity index (χ4n) is 3.25. The largest absolute Gasteiger partial charge is 0.306 e. The molecule has 0 aliphatic heterocycles. The maximum atomic E-state index is 12.8. The van der Waals surface area contributed by atoms with Gasteiger partial charge in [0.1, 0.15) is 5.82 Å². The summed E-state index contributed by atoms with van der Waals surface area (Å²) in [7, 11) is -3.39. The van der Waals surface area contributed by atoms with E-state index < -0.39 is 15.1 Å². The van der Waals surface area contributed by atoms with E-state index in [-0.39, 0.29) is 10.8 Å². The molecule has 0 aliphatic carbocycles. The van der Waals surface area contributed by atoms with Gasteiger partial charge in [0.25, 0.3) is 5.91 Å². The highest BCUT2D eigenvalue weighted by Gasteiger charge is 2.20. The van der Waals surface area contributed by atoms with Crippen LogP contribution in [0.5, 0.6) is 0 Å². The molecule has 0 atom stereocenters. The maximum absolute atomic E-state index is 12.8. The predicted octanol–water partition coefficient (Wildman–Crippen LogP) is 4.84. The topological polar surface area (TPSA) is 94.0 Å². The summed E-state index contributed by atoms with van der Waals surface area (Å²) < 4.78 is 27.3. The molecule has 32 heavy (non-hydrogen) atoms. The molecule has 0 fully saturated rings. The number of carbonyl (C=O) groups is 1. The van der Waals surface area contributed by atoms with Crippen molar-refractivity contribution in [2.75, 3.05) is 5.32 Å². The second kappa shape index (κ2) is 8.14. The zero-order valence-electron chi connectivity index (χ0n) is 18.5. The van der Waals surface area contributed by atoms with Crippen LogP contribution in [0.25, 0.3) is 15.3 Å². The molecule has 2 aromatic heterocycles. The van der Waals surface area contributed by atoms with Gasteiger partial charge in [-0.25, -0.2) is 13.4 Å². The highest BCUT2D eigenvalue weighted by molar-refractivity contribution is 7.92.